The first-order valence-electron chi connectivity index (χ1n) is 7.24. The quantitative estimate of drug-likeness (QED) is 0.786. The molecule has 1 aliphatic rings. The van der Waals surface area contributed by atoms with Gasteiger partial charge in [-0.05, 0) is 27.4 Å². The highest BCUT2D eigenvalue weighted by atomic mass is 16.5. The van der Waals surface area contributed by atoms with Crippen LogP contribution in [0.15, 0.2) is 10.6 Å². The third-order valence-electron chi connectivity index (χ3n) is 3.60. The number of likely N-dealkylation sites (tertiary alicyclic amines) is 1. The van der Waals surface area contributed by atoms with Gasteiger partial charge in [0.1, 0.15) is 5.76 Å². The minimum atomic E-state index is -0.295. The summed E-state index contributed by atoms with van der Waals surface area (Å²) < 4.78 is 4.90. The molecule has 0 saturated carbocycles. The van der Waals surface area contributed by atoms with E-state index in [1.165, 1.54) is 0 Å². The number of hydrogen-bond donors (Lipinski definition) is 2. The molecule has 1 amide bonds. The molecular formula is C14H24N4O3. The fraction of sp³-hybridized carbons (Fsp3) is 0.714. The molecule has 2 rings (SSSR count). The number of aliphatic hydroxyl groups is 1. The van der Waals surface area contributed by atoms with Gasteiger partial charge in [-0.1, -0.05) is 5.16 Å². The number of nitrogens with one attached hydrogen (secondary N) is 1. The summed E-state index contributed by atoms with van der Waals surface area (Å²) in [5.74, 6) is 1.02. The fourth-order valence-electron chi connectivity index (χ4n) is 2.72. The molecule has 2 unspecified atom stereocenters. The number of β-amino-alcohol motifs (C(OH)–C–C–N with tert-alkyl or cyclic N) is 1. The van der Waals surface area contributed by atoms with Crippen LogP contribution in [0, 0.1) is 6.92 Å². The minimum absolute atomic E-state index is 0.0895. The van der Waals surface area contributed by atoms with E-state index in [9.17, 15) is 9.90 Å². The summed E-state index contributed by atoms with van der Waals surface area (Å²) in [6.45, 7) is 3.94. The van der Waals surface area contributed by atoms with Crippen molar-refractivity contribution >= 4 is 11.7 Å². The molecule has 1 saturated heterocycles. The second kappa shape index (κ2) is 7.02. The van der Waals surface area contributed by atoms with Gasteiger partial charge < -0.3 is 19.8 Å². The van der Waals surface area contributed by atoms with Gasteiger partial charge in [-0.25, -0.2) is 0 Å². The molecule has 118 valence electrons. The van der Waals surface area contributed by atoms with E-state index in [-0.39, 0.29) is 12.0 Å². The molecule has 0 aliphatic carbocycles. The molecule has 7 heteroatoms. The third-order valence-corrected chi connectivity index (χ3v) is 3.60. The molecular weight excluding hydrogens is 272 g/mol. The Morgan fingerprint density at radius 1 is 1.62 bits per heavy atom. The number of likely N-dealkylation sites (N-methyl/N-ethyl adjacent to an activating group) is 1. The topological polar surface area (TPSA) is 81.8 Å². The van der Waals surface area contributed by atoms with Crippen LogP contribution in [-0.2, 0) is 4.79 Å². The number of aryl methyl sites for hydroxylation is 1. The van der Waals surface area contributed by atoms with Crippen molar-refractivity contribution in [2.75, 3.05) is 39.0 Å². The van der Waals surface area contributed by atoms with E-state index in [4.69, 9.17) is 4.52 Å². The van der Waals surface area contributed by atoms with Gasteiger partial charge in [0.15, 0.2) is 5.82 Å². The first kappa shape index (κ1) is 15.9. The molecule has 2 heterocycles. The number of rotatable bonds is 6. The Labute approximate surface area is 124 Å². The Morgan fingerprint density at radius 3 is 3.00 bits per heavy atom. The number of amides is 1. The third kappa shape index (κ3) is 4.80. The van der Waals surface area contributed by atoms with Crippen LogP contribution in [0.4, 0.5) is 5.82 Å². The average molecular weight is 296 g/mol. The van der Waals surface area contributed by atoms with Gasteiger partial charge in [0, 0.05) is 38.2 Å². The highest BCUT2D eigenvalue weighted by molar-refractivity contribution is 5.89. The first-order chi connectivity index (χ1) is 9.94. The van der Waals surface area contributed by atoms with E-state index in [0.29, 0.717) is 37.1 Å². The Balaban J connectivity index is 1.79. The number of carbonyl (C=O) groups excluding carboxylic acids is 1. The predicted molar refractivity (Wildman–Crippen MR) is 79.0 cm³/mol. The molecule has 1 aromatic rings. The summed E-state index contributed by atoms with van der Waals surface area (Å²) in [4.78, 5) is 16.2. The molecule has 1 aliphatic heterocycles. The maximum atomic E-state index is 11.9. The van der Waals surface area contributed by atoms with E-state index >= 15 is 0 Å². The van der Waals surface area contributed by atoms with E-state index in [1.807, 2.05) is 14.1 Å². The second-order valence-corrected chi connectivity index (χ2v) is 5.92. The van der Waals surface area contributed by atoms with Gasteiger partial charge in [-0.15, -0.1) is 0 Å². The molecule has 0 spiro atoms. The van der Waals surface area contributed by atoms with E-state index in [1.54, 1.807) is 13.0 Å². The summed E-state index contributed by atoms with van der Waals surface area (Å²) >= 11 is 0. The summed E-state index contributed by atoms with van der Waals surface area (Å²) in [5, 5.41) is 16.2. The number of anilines is 1. The van der Waals surface area contributed by atoms with Crippen molar-refractivity contribution in [3.8, 4) is 0 Å². The Morgan fingerprint density at radius 2 is 2.38 bits per heavy atom. The zero-order valence-electron chi connectivity index (χ0n) is 12.9. The monoisotopic (exact) mass is 296 g/mol. The van der Waals surface area contributed by atoms with Crippen LogP contribution >= 0.6 is 0 Å². The van der Waals surface area contributed by atoms with Gasteiger partial charge in [0.2, 0.25) is 5.91 Å². The smallest absolute Gasteiger partial charge is 0.226 e. The van der Waals surface area contributed by atoms with Crippen molar-refractivity contribution in [1.29, 1.82) is 0 Å². The summed E-state index contributed by atoms with van der Waals surface area (Å²) in [7, 11) is 4.03. The van der Waals surface area contributed by atoms with Crippen molar-refractivity contribution in [2.24, 2.45) is 0 Å². The highest BCUT2D eigenvalue weighted by Gasteiger charge is 2.31. The van der Waals surface area contributed by atoms with E-state index < -0.39 is 0 Å². The molecule has 1 aromatic heterocycles. The van der Waals surface area contributed by atoms with Crippen LogP contribution in [0.3, 0.4) is 0 Å². The lowest BCUT2D eigenvalue weighted by molar-refractivity contribution is -0.116. The van der Waals surface area contributed by atoms with Crippen LogP contribution < -0.4 is 5.32 Å². The van der Waals surface area contributed by atoms with Gasteiger partial charge >= 0.3 is 0 Å². The lowest BCUT2D eigenvalue weighted by atomic mass is 10.2. The standard InChI is InChI=1S/C14H24N4O3/c1-10-6-13(16-21-10)15-14(20)4-5-18-9-12(19)7-11(18)8-17(2)3/h6,11-12,19H,4-5,7-9H2,1-3H3,(H,15,16,20). The highest BCUT2D eigenvalue weighted by Crippen LogP contribution is 2.18. The summed E-state index contributed by atoms with van der Waals surface area (Å²) in [5.41, 5.74) is 0. The minimum Gasteiger partial charge on any atom is -0.392 e. The summed E-state index contributed by atoms with van der Waals surface area (Å²) in [6, 6.07) is 1.99. The number of hydrogen-bond acceptors (Lipinski definition) is 6. The van der Waals surface area contributed by atoms with E-state index in [0.717, 1.165) is 13.0 Å². The Hall–Kier alpha value is -1.44. The van der Waals surface area contributed by atoms with Gasteiger partial charge in [0.25, 0.3) is 0 Å². The van der Waals surface area contributed by atoms with Crippen LogP contribution in [0.1, 0.15) is 18.6 Å². The summed E-state index contributed by atoms with van der Waals surface area (Å²) in [6.07, 6.45) is 0.849. The fourth-order valence-corrected chi connectivity index (χ4v) is 2.72. The molecule has 2 atom stereocenters. The second-order valence-electron chi connectivity index (χ2n) is 5.92. The molecule has 21 heavy (non-hydrogen) atoms. The van der Waals surface area contributed by atoms with Crippen LogP contribution in [0.2, 0.25) is 0 Å². The van der Waals surface area contributed by atoms with Crippen molar-refractivity contribution in [1.82, 2.24) is 15.0 Å². The zero-order valence-corrected chi connectivity index (χ0v) is 12.9. The molecule has 7 nitrogen and oxygen atoms in total. The normalized spacial score (nSPS) is 22.9. The molecule has 0 aromatic carbocycles. The molecule has 0 bridgehead atoms. The average Bonchev–Trinajstić information content (AvgIpc) is 2.92. The van der Waals surface area contributed by atoms with Crippen LogP contribution in [0.5, 0.6) is 0 Å². The number of aromatic nitrogens is 1. The Kier molecular flexibility index (Phi) is 5.33. The molecule has 0 radical (unpaired) electrons. The molecule has 2 N–H and O–H groups in total. The van der Waals surface area contributed by atoms with E-state index in [2.05, 4.69) is 20.3 Å². The van der Waals surface area contributed by atoms with Crippen LogP contribution in [0.25, 0.3) is 0 Å². The maximum Gasteiger partial charge on any atom is 0.226 e. The number of aliphatic hydroxyl groups excluding tert-OH is 1. The number of carbonyl (C=O) groups is 1. The maximum absolute atomic E-state index is 11.9. The SMILES string of the molecule is Cc1cc(NC(=O)CCN2CC(O)CC2CN(C)C)no1. The van der Waals surface area contributed by atoms with Gasteiger partial charge in [-0.2, -0.15) is 0 Å². The lowest BCUT2D eigenvalue weighted by Crippen LogP contribution is -2.39. The van der Waals surface area contributed by atoms with Crippen molar-refractivity contribution in [3.63, 3.8) is 0 Å². The van der Waals surface area contributed by atoms with Gasteiger partial charge in [0.05, 0.1) is 6.10 Å². The van der Waals surface area contributed by atoms with Gasteiger partial charge in [-0.3, -0.25) is 9.69 Å². The zero-order chi connectivity index (χ0) is 15.4. The first-order valence-corrected chi connectivity index (χ1v) is 7.24. The van der Waals surface area contributed by atoms with Crippen molar-refractivity contribution in [3.05, 3.63) is 11.8 Å². The largest absolute Gasteiger partial charge is 0.392 e. The Bertz CT molecular complexity index is 475. The predicted octanol–water partition coefficient (Wildman–Crippen LogP) is 0.308. The van der Waals surface area contributed by atoms with Crippen molar-refractivity contribution in [2.45, 2.75) is 31.9 Å². The molecule has 1 fully saturated rings. The number of nitrogens with zero attached hydrogens (tertiary/aromatic N) is 3. The lowest BCUT2D eigenvalue weighted by Gasteiger charge is -2.26. The van der Waals surface area contributed by atoms with Crippen LogP contribution in [-0.4, -0.2) is 71.8 Å². The van der Waals surface area contributed by atoms with Crippen molar-refractivity contribution < 1.29 is 14.4 Å².